The summed E-state index contributed by atoms with van der Waals surface area (Å²) in [7, 11) is 0. The van der Waals surface area contributed by atoms with Gasteiger partial charge < -0.3 is 5.11 Å². The van der Waals surface area contributed by atoms with Crippen molar-refractivity contribution in [1.29, 1.82) is 0 Å². The quantitative estimate of drug-likeness (QED) is 0.840. The number of hydrogen-bond donors (Lipinski definition) is 1. The highest BCUT2D eigenvalue weighted by Gasteiger charge is 2.07. The minimum atomic E-state index is 0.150. The van der Waals surface area contributed by atoms with E-state index in [9.17, 15) is 0 Å². The summed E-state index contributed by atoms with van der Waals surface area (Å²) in [6, 6.07) is 6.43. The Hall–Kier alpha value is -0.130. The zero-order chi connectivity index (χ0) is 10.1. The molecule has 1 aromatic heterocycles. The molecule has 0 atom stereocenters. The summed E-state index contributed by atoms with van der Waals surface area (Å²) in [4.78, 5) is 1.05. The SMILES string of the molecule is CCc1ccc2sc(CO)cc2c1I. The lowest BCUT2D eigenvalue weighted by atomic mass is 10.1. The minimum absolute atomic E-state index is 0.150. The Morgan fingerprint density at radius 2 is 2.21 bits per heavy atom. The molecule has 1 nitrogen and oxygen atoms in total. The smallest absolute Gasteiger partial charge is 0.0774 e. The van der Waals surface area contributed by atoms with Crippen LogP contribution in [-0.2, 0) is 13.0 Å². The van der Waals surface area contributed by atoms with Crippen molar-refractivity contribution >= 4 is 44.0 Å². The van der Waals surface area contributed by atoms with E-state index < -0.39 is 0 Å². The third kappa shape index (κ3) is 1.68. The van der Waals surface area contributed by atoms with Gasteiger partial charge in [0.2, 0.25) is 0 Å². The van der Waals surface area contributed by atoms with Gasteiger partial charge in [-0.05, 0) is 46.7 Å². The van der Waals surface area contributed by atoms with Gasteiger partial charge in [-0.25, -0.2) is 0 Å². The van der Waals surface area contributed by atoms with Gasteiger partial charge in [-0.2, -0.15) is 0 Å². The van der Waals surface area contributed by atoms with Crippen molar-refractivity contribution in [3.05, 3.63) is 32.2 Å². The van der Waals surface area contributed by atoms with Gasteiger partial charge in [0, 0.05) is 18.5 Å². The van der Waals surface area contributed by atoms with Gasteiger partial charge >= 0.3 is 0 Å². The van der Waals surface area contributed by atoms with Gasteiger partial charge in [-0.1, -0.05) is 13.0 Å². The molecule has 0 aliphatic carbocycles. The van der Waals surface area contributed by atoms with Crippen molar-refractivity contribution in [3.8, 4) is 0 Å². The molecular formula is C11H11IOS. The van der Waals surface area contributed by atoms with E-state index >= 15 is 0 Å². The molecule has 1 aromatic carbocycles. The van der Waals surface area contributed by atoms with Crippen LogP contribution in [0.3, 0.4) is 0 Å². The largest absolute Gasteiger partial charge is 0.391 e. The molecule has 74 valence electrons. The predicted molar refractivity (Wildman–Crippen MR) is 69.8 cm³/mol. The summed E-state index contributed by atoms with van der Waals surface area (Å²) in [6.45, 7) is 2.32. The predicted octanol–water partition coefficient (Wildman–Crippen LogP) is 3.56. The van der Waals surface area contributed by atoms with E-state index in [0.717, 1.165) is 11.3 Å². The number of fused-ring (bicyclic) bond motifs is 1. The first-order valence-electron chi connectivity index (χ1n) is 4.57. The fourth-order valence-corrected chi connectivity index (χ4v) is 3.65. The lowest BCUT2D eigenvalue weighted by Gasteiger charge is -2.01. The maximum Gasteiger partial charge on any atom is 0.0774 e. The second kappa shape index (κ2) is 4.16. The van der Waals surface area contributed by atoms with Crippen molar-refractivity contribution in [2.75, 3.05) is 0 Å². The Labute approximate surface area is 101 Å². The van der Waals surface area contributed by atoms with Crippen LogP contribution in [0.1, 0.15) is 17.4 Å². The number of benzene rings is 1. The molecule has 14 heavy (non-hydrogen) atoms. The van der Waals surface area contributed by atoms with Crippen molar-refractivity contribution in [1.82, 2.24) is 0 Å². The molecule has 0 fully saturated rings. The molecule has 0 saturated heterocycles. The molecule has 0 radical (unpaired) electrons. The molecule has 0 amide bonds. The molecule has 0 bridgehead atoms. The Balaban J connectivity index is 2.68. The van der Waals surface area contributed by atoms with Crippen LogP contribution >= 0.6 is 33.9 Å². The van der Waals surface area contributed by atoms with Crippen LogP contribution in [0.5, 0.6) is 0 Å². The van der Waals surface area contributed by atoms with E-state index in [4.69, 9.17) is 5.11 Å². The molecule has 0 aliphatic heterocycles. The molecule has 3 heteroatoms. The number of hydrogen-bond acceptors (Lipinski definition) is 2. The first kappa shape index (κ1) is 10.4. The van der Waals surface area contributed by atoms with Crippen molar-refractivity contribution in [3.63, 3.8) is 0 Å². The van der Waals surface area contributed by atoms with E-state index in [1.165, 1.54) is 19.2 Å². The molecule has 1 N–H and O–H groups in total. The summed E-state index contributed by atoms with van der Waals surface area (Å²) in [6.07, 6.45) is 1.07. The number of thiophene rings is 1. The first-order valence-corrected chi connectivity index (χ1v) is 6.46. The van der Waals surface area contributed by atoms with E-state index in [0.29, 0.717) is 0 Å². The fraction of sp³-hybridized carbons (Fsp3) is 0.273. The maximum atomic E-state index is 9.06. The second-order valence-corrected chi connectivity index (χ2v) is 5.42. The molecule has 2 aromatic rings. The second-order valence-electron chi connectivity index (χ2n) is 3.17. The summed E-state index contributed by atoms with van der Waals surface area (Å²) in [5.74, 6) is 0. The molecular weight excluding hydrogens is 307 g/mol. The van der Waals surface area contributed by atoms with Gasteiger partial charge in [0.25, 0.3) is 0 Å². The van der Waals surface area contributed by atoms with E-state index in [1.807, 2.05) is 0 Å². The normalized spacial score (nSPS) is 11.1. The maximum absolute atomic E-state index is 9.06. The third-order valence-electron chi connectivity index (χ3n) is 2.30. The van der Waals surface area contributed by atoms with Crippen LogP contribution in [0.25, 0.3) is 10.1 Å². The van der Waals surface area contributed by atoms with Crippen LogP contribution in [-0.4, -0.2) is 5.11 Å². The average molecular weight is 318 g/mol. The van der Waals surface area contributed by atoms with E-state index in [-0.39, 0.29) is 6.61 Å². The number of halogens is 1. The highest BCUT2D eigenvalue weighted by Crippen LogP contribution is 2.31. The van der Waals surface area contributed by atoms with Crippen LogP contribution in [0, 0.1) is 3.57 Å². The molecule has 0 spiro atoms. The first-order chi connectivity index (χ1) is 6.76. The highest BCUT2D eigenvalue weighted by molar-refractivity contribution is 14.1. The zero-order valence-corrected chi connectivity index (χ0v) is 10.9. The lowest BCUT2D eigenvalue weighted by molar-refractivity contribution is 0.285. The van der Waals surface area contributed by atoms with Gasteiger partial charge in [0.05, 0.1) is 6.61 Å². The number of aliphatic hydroxyl groups excluding tert-OH is 1. The Kier molecular flexibility index (Phi) is 3.09. The number of rotatable bonds is 2. The summed E-state index contributed by atoms with van der Waals surface area (Å²) in [5, 5.41) is 10.4. The lowest BCUT2D eigenvalue weighted by Crippen LogP contribution is -1.84. The van der Waals surface area contributed by atoms with Gasteiger partial charge in [-0.15, -0.1) is 11.3 Å². The summed E-state index contributed by atoms with van der Waals surface area (Å²) in [5.41, 5.74) is 1.39. The molecule has 0 unspecified atom stereocenters. The zero-order valence-electron chi connectivity index (χ0n) is 7.88. The van der Waals surface area contributed by atoms with Crippen molar-refractivity contribution < 1.29 is 5.11 Å². The number of aliphatic hydroxyl groups is 1. The van der Waals surface area contributed by atoms with Gasteiger partial charge in [-0.3, -0.25) is 0 Å². The minimum Gasteiger partial charge on any atom is -0.391 e. The molecule has 0 saturated carbocycles. The monoisotopic (exact) mass is 318 g/mol. The van der Waals surface area contributed by atoms with Crippen molar-refractivity contribution in [2.24, 2.45) is 0 Å². The Morgan fingerprint density at radius 1 is 1.43 bits per heavy atom. The molecule has 2 rings (SSSR count). The van der Waals surface area contributed by atoms with Crippen molar-refractivity contribution in [2.45, 2.75) is 20.0 Å². The Bertz CT molecular complexity index is 462. The van der Waals surface area contributed by atoms with Crippen LogP contribution in [0.15, 0.2) is 18.2 Å². The molecule has 1 heterocycles. The summed E-state index contributed by atoms with van der Waals surface area (Å²) >= 11 is 4.07. The number of aryl methyl sites for hydroxylation is 1. The van der Waals surface area contributed by atoms with Crippen LogP contribution in [0.4, 0.5) is 0 Å². The van der Waals surface area contributed by atoms with Crippen LogP contribution < -0.4 is 0 Å². The molecule has 0 aliphatic rings. The van der Waals surface area contributed by atoms with E-state index in [2.05, 4.69) is 47.7 Å². The third-order valence-corrected chi connectivity index (χ3v) is 4.66. The van der Waals surface area contributed by atoms with Gasteiger partial charge in [0.15, 0.2) is 0 Å². The van der Waals surface area contributed by atoms with Gasteiger partial charge in [0.1, 0.15) is 0 Å². The van der Waals surface area contributed by atoms with E-state index in [1.54, 1.807) is 11.3 Å². The standard InChI is InChI=1S/C11H11IOS/c1-2-7-3-4-10-9(11(7)12)5-8(6-13)14-10/h3-5,13H,2,6H2,1H3. The summed E-state index contributed by atoms with van der Waals surface area (Å²) < 4.78 is 2.61. The van der Waals surface area contributed by atoms with Crippen LogP contribution in [0.2, 0.25) is 0 Å². The highest BCUT2D eigenvalue weighted by atomic mass is 127. The average Bonchev–Trinajstić information content (AvgIpc) is 2.62. The topological polar surface area (TPSA) is 20.2 Å². The fourth-order valence-electron chi connectivity index (χ4n) is 1.53. The Morgan fingerprint density at radius 3 is 2.86 bits per heavy atom.